The van der Waals surface area contributed by atoms with Crippen LogP contribution in [-0.4, -0.2) is 65.9 Å². The number of aliphatic hydroxyl groups excluding tert-OH is 2. The number of hydrogen-bond donors (Lipinski definition) is 8. The first-order valence-electron chi connectivity index (χ1n) is 18.6. The topological polar surface area (TPSA) is 200 Å². The van der Waals surface area contributed by atoms with Crippen molar-refractivity contribution in [3.05, 3.63) is 73.1 Å². The van der Waals surface area contributed by atoms with Gasteiger partial charge in [0.1, 0.15) is 11.6 Å². The number of rotatable bonds is 8. The van der Waals surface area contributed by atoms with E-state index in [0.29, 0.717) is 59.2 Å². The quantitative estimate of drug-likeness (QED) is 0.0925. The third-order valence-electron chi connectivity index (χ3n) is 12.5. The minimum Gasteiger partial charge on any atom is -0.396 e. The van der Waals surface area contributed by atoms with Crippen LogP contribution in [-0.2, 0) is 0 Å². The molecule has 2 aromatic carbocycles. The van der Waals surface area contributed by atoms with Crippen molar-refractivity contribution < 1.29 is 10.2 Å². The van der Waals surface area contributed by atoms with Crippen LogP contribution in [0.3, 0.4) is 0 Å². The van der Waals surface area contributed by atoms with Crippen LogP contribution >= 0.6 is 0 Å². The number of nitrogens with two attached hydrogens (primary N) is 2. The van der Waals surface area contributed by atoms with Crippen molar-refractivity contribution in [1.29, 1.82) is 0 Å². The fraction of sp³-hybridized carbons (Fsp3) is 0.400. The molecular formula is C40H46N10O2. The summed E-state index contributed by atoms with van der Waals surface area (Å²) in [6.45, 7) is 0.503. The van der Waals surface area contributed by atoms with Gasteiger partial charge in [0.2, 0.25) is 0 Å². The molecule has 4 bridgehead atoms. The van der Waals surface area contributed by atoms with Gasteiger partial charge < -0.3 is 32.3 Å². The number of nitrogens with zero attached hydrogens (tertiary/aromatic N) is 4. The summed E-state index contributed by atoms with van der Waals surface area (Å²) in [6.07, 6.45) is 10.9. The van der Waals surface area contributed by atoms with Crippen LogP contribution in [0.1, 0.15) is 38.5 Å². The molecule has 268 valence electrons. The molecule has 4 saturated carbocycles. The second-order valence-corrected chi connectivity index (χ2v) is 15.3. The Balaban J connectivity index is 0.000000138. The van der Waals surface area contributed by atoms with E-state index in [0.717, 1.165) is 55.7 Å². The molecule has 4 unspecified atom stereocenters. The molecule has 0 saturated heterocycles. The Hall–Kier alpha value is -5.20. The second kappa shape index (κ2) is 13.4. The average Bonchev–Trinajstić information content (AvgIpc) is 4.01. The predicted molar refractivity (Wildman–Crippen MR) is 205 cm³/mol. The van der Waals surface area contributed by atoms with Crippen molar-refractivity contribution in [3.8, 4) is 22.5 Å². The van der Waals surface area contributed by atoms with Crippen LogP contribution < -0.4 is 22.1 Å². The zero-order chi connectivity index (χ0) is 35.3. The lowest BCUT2D eigenvalue weighted by atomic mass is 9.85. The predicted octanol–water partition coefficient (Wildman–Crippen LogP) is 6.05. The number of anilines is 4. The lowest BCUT2D eigenvalue weighted by Gasteiger charge is -2.31. The molecule has 8 atom stereocenters. The highest BCUT2D eigenvalue weighted by molar-refractivity contribution is 5.96. The van der Waals surface area contributed by atoms with Gasteiger partial charge in [-0.3, -0.25) is 10.2 Å². The van der Waals surface area contributed by atoms with Gasteiger partial charge >= 0.3 is 0 Å². The van der Waals surface area contributed by atoms with E-state index in [2.05, 4.69) is 65.3 Å². The van der Waals surface area contributed by atoms with Gasteiger partial charge in [0.25, 0.3) is 0 Å². The summed E-state index contributed by atoms with van der Waals surface area (Å²) in [7, 11) is 0. The van der Waals surface area contributed by atoms with E-state index >= 15 is 0 Å². The van der Waals surface area contributed by atoms with E-state index < -0.39 is 0 Å². The number of benzene rings is 2. The van der Waals surface area contributed by atoms with E-state index in [1.165, 1.54) is 38.5 Å². The number of pyridine rings is 2. The van der Waals surface area contributed by atoms with Gasteiger partial charge in [-0.05, 0) is 86.5 Å². The van der Waals surface area contributed by atoms with Crippen molar-refractivity contribution in [2.75, 3.05) is 35.3 Å². The van der Waals surface area contributed by atoms with Crippen LogP contribution in [0.15, 0.2) is 73.1 Å². The van der Waals surface area contributed by atoms with Crippen LogP contribution in [0.5, 0.6) is 0 Å². The van der Waals surface area contributed by atoms with Crippen molar-refractivity contribution in [2.24, 2.45) is 35.5 Å². The van der Waals surface area contributed by atoms with Crippen LogP contribution in [0.4, 0.5) is 23.0 Å². The lowest BCUT2D eigenvalue weighted by molar-refractivity contribution is 0.166. The molecule has 0 spiro atoms. The fourth-order valence-electron chi connectivity index (χ4n) is 10.1. The van der Waals surface area contributed by atoms with Crippen LogP contribution in [0.25, 0.3) is 44.3 Å². The fourth-order valence-corrected chi connectivity index (χ4v) is 10.1. The number of hydrogen-bond acceptors (Lipinski definition) is 10. The van der Waals surface area contributed by atoms with E-state index in [-0.39, 0.29) is 13.2 Å². The Kier molecular flexibility index (Phi) is 8.43. The number of aromatic amines is 2. The Morgan fingerprint density at radius 1 is 0.596 bits per heavy atom. The zero-order valence-electron chi connectivity index (χ0n) is 29.0. The van der Waals surface area contributed by atoms with E-state index in [4.69, 9.17) is 11.5 Å². The number of nitrogen functional groups attached to an aromatic ring is 2. The molecular weight excluding hydrogens is 653 g/mol. The molecule has 10 N–H and O–H groups in total. The molecule has 4 fully saturated rings. The van der Waals surface area contributed by atoms with Crippen LogP contribution in [0, 0.1) is 35.5 Å². The van der Waals surface area contributed by atoms with Gasteiger partial charge in [-0.1, -0.05) is 24.3 Å². The van der Waals surface area contributed by atoms with E-state index in [9.17, 15) is 10.2 Å². The highest BCUT2D eigenvalue weighted by Crippen LogP contribution is 2.51. The van der Waals surface area contributed by atoms with Gasteiger partial charge in [-0.2, -0.15) is 10.2 Å². The van der Waals surface area contributed by atoms with Gasteiger partial charge in [-0.15, -0.1) is 0 Å². The van der Waals surface area contributed by atoms with Gasteiger partial charge in [0.05, 0.1) is 22.4 Å². The first kappa shape index (κ1) is 32.7. The second-order valence-electron chi connectivity index (χ2n) is 15.3. The first-order valence-corrected chi connectivity index (χ1v) is 18.6. The summed E-state index contributed by atoms with van der Waals surface area (Å²) in [4.78, 5) is 9.05. The molecule has 0 radical (unpaired) electrons. The summed E-state index contributed by atoms with van der Waals surface area (Å²) < 4.78 is 0. The summed E-state index contributed by atoms with van der Waals surface area (Å²) >= 11 is 0. The standard InChI is InChI=1S/2C20H23N5O/c2*21-19-9-18(24-20-13-2-1-11(7-13)15(20)10-26)14-4-3-12(8-17(14)23-19)16-5-6-22-25-16/h2*3-6,8-9,11,13,15,20,26H,1-2,7,10H2,(H,22,25)(H3,21,23,24)/t2*11?,13?,15-,20+/m10/s1. The molecule has 12 nitrogen and oxygen atoms in total. The minimum absolute atomic E-state index is 0.251. The minimum atomic E-state index is 0.251. The Bertz CT molecular complexity index is 2030. The normalized spacial score (nSPS) is 27.3. The monoisotopic (exact) mass is 698 g/mol. The van der Waals surface area contributed by atoms with Gasteiger partial charge in [-0.25, -0.2) is 9.97 Å². The summed E-state index contributed by atoms with van der Waals surface area (Å²) in [5, 5.41) is 43.3. The molecule has 12 heteroatoms. The Morgan fingerprint density at radius 2 is 1.04 bits per heavy atom. The molecule has 10 rings (SSSR count). The maximum atomic E-state index is 9.86. The Morgan fingerprint density at radius 3 is 1.44 bits per heavy atom. The number of fused-ring (bicyclic) bond motifs is 6. The molecule has 4 aliphatic rings. The van der Waals surface area contributed by atoms with Crippen molar-refractivity contribution >= 4 is 44.8 Å². The molecule has 4 aromatic heterocycles. The van der Waals surface area contributed by atoms with Crippen LogP contribution in [0.2, 0.25) is 0 Å². The van der Waals surface area contributed by atoms with Crippen molar-refractivity contribution in [2.45, 2.75) is 50.6 Å². The molecule has 0 amide bonds. The number of aliphatic hydroxyl groups is 2. The smallest absolute Gasteiger partial charge is 0.126 e. The van der Waals surface area contributed by atoms with Gasteiger partial charge in [0, 0.05) is 94.9 Å². The Labute approximate surface area is 301 Å². The summed E-state index contributed by atoms with van der Waals surface area (Å²) in [5.41, 5.74) is 19.9. The first-order chi connectivity index (χ1) is 25.4. The highest BCUT2D eigenvalue weighted by atomic mass is 16.3. The van der Waals surface area contributed by atoms with Gasteiger partial charge in [0.15, 0.2) is 0 Å². The van der Waals surface area contributed by atoms with E-state index in [1.807, 2.05) is 36.4 Å². The number of H-pyrrole nitrogens is 2. The average molecular weight is 699 g/mol. The molecule has 52 heavy (non-hydrogen) atoms. The molecule has 4 heterocycles. The van der Waals surface area contributed by atoms with E-state index in [1.54, 1.807) is 12.4 Å². The third-order valence-corrected chi connectivity index (χ3v) is 12.5. The number of aromatic nitrogens is 6. The maximum Gasteiger partial charge on any atom is 0.126 e. The SMILES string of the molecule is Nc1cc(N[C@@H]2C3CCC(C3)[C@@H]2CO)c2ccc(-c3ccn[nH]3)cc2n1.Nc1cc(N[C@H]2C3CCC(C3)[C@H]2CO)c2ccc(-c3ccn[nH]3)cc2n1. The lowest BCUT2D eigenvalue weighted by Crippen LogP contribution is -2.36. The summed E-state index contributed by atoms with van der Waals surface area (Å²) in [6, 6.07) is 20.7. The maximum absolute atomic E-state index is 9.86. The van der Waals surface area contributed by atoms with Crippen molar-refractivity contribution in [3.63, 3.8) is 0 Å². The molecule has 4 aliphatic carbocycles. The number of nitrogens with one attached hydrogen (secondary N) is 4. The zero-order valence-corrected chi connectivity index (χ0v) is 29.0. The molecule has 0 aliphatic heterocycles. The third kappa shape index (κ3) is 5.89. The van der Waals surface area contributed by atoms with Crippen molar-refractivity contribution in [1.82, 2.24) is 30.4 Å². The molecule has 6 aromatic rings. The largest absolute Gasteiger partial charge is 0.396 e. The summed E-state index contributed by atoms with van der Waals surface area (Å²) in [5.74, 6) is 4.28. The highest BCUT2D eigenvalue weighted by Gasteiger charge is 2.48.